The molecule has 0 saturated carbocycles. The van der Waals surface area contributed by atoms with Gasteiger partial charge in [0.2, 0.25) is 0 Å². The number of hydrogen-bond donors (Lipinski definition) is 2. The van der Waals surface area contributed by atoms with Gasteiger partial charge in [-0.2, -0.15) is 0 Å². The fraction of sp³-hybridized carbons (Fsp3) is 0.571. The lowest BCUT2D eigenvalue weighted by Crippen LogP contribution is -2.44. The molecule has 20 heavy (non-hydrogen) atoms. The van der Waals surface area contributed by atoms with Crippen molar-refractivity contribution in [3.8, 4) is 0 Å². The Labute approximate surface area is 119 Å². The zero-order chi connectivity index (χ0) is 14.7. The van der Waals surface area contributed by atoms with Gasteiger partial charge in [-0.3, -0.25) is 4.79 Å². The molecule has 6 heteroatoms. The molecular formula is C14H23N5O. The average Bonchev–Trinajstić information content (AvgIpc) is 2.45. The lowest BCUT2D eigenvalue weighted by molar-refractivity contribution is 0.0659. The predicted molar refractivity (Wildman–Crippen MR) is 79.4 cm³/mol. The number of nitrogens with zero attached hydrogens (tertiary/aromatic N) is 3. The number of hydrogen-bond acceptors (Lipinski definition) is 5. The molecule has 110 valence electrons. The van der Waals surface area contributed by atoms with Crippen molar-refractivity contribution in [1.82, 2.24) is 14.8 Å². The highest BCUT2D eigenvalue weighted by Gasteiger charge is 2.25. The van der Waals surface area contributed by atoms with Crippen molar-refractivity contribution < 1.29 is 4.79 Å². The van der Waals surface area contributed by atoms with E-state index in [1.54, 1.807) is 12.1 Å². The molecule has 2 rings (SSSR count). The van der Waals surface area contributed by atoms with Gasteiger partial charge in [0, 0.05) is 24.3 Å². The van der Waals surface area contributed by atoms with Crippen LogP contribution in [0.5, 0.6) is 0 Å². The van der Waals surface area contributed by atoms with Gasteiger partial charge in [-0.15, -0.1) is 0 Å². The Morgan fingerprint density at radius 1 is 1.45 bits per heavy atom. The number of hydrazine groups is 1. The lowest BCUT2D eigenvalue weighted by atomic mass is 10.0. The van der Waals surface area contributed by atoms with Crippen LogP contribution >= 0.6 is 0 Å². The maximum absolute atomic E-state index is 12.6. The van der Waals surface area contributed by atoms with Gasteiger partial charge in [0.1, 0.15) is 5.82 Å². The first-order chi connectivity index (χ1) is 9.51. The van der Waals surface area contributed by atoms with Gasteiger partial charge in [-0.05, 0) is 52.0 Å². The molecule has 1 aliphatic rings. The Morgan fingerprint density at radius 3 is 2.70 bits per heavy atom. The number of nitrogens with two attached hydrogens (primary N) is 1. The van der Waals surface area contributed by atoms with Gasteiger partial charge in [-0.1, -0.05) is 0 Å². The van der Waals surface area contributed by atoms with E-state index in [4.69, 9.17) is 5.84 Å². The number of piperidine rings is 1. The highest BCUT2D eigenvalue weighted by Crippen LogP contribution is 2.18. The molecule has 1 fully saturated rings. The molecule has 1 aromatic heterocycles. The standard InChI is InChI=1S/C14H23N5O/c1-10-8-11(9-13(16-10)17-15)14(20)19(3)12-4-6-18(2)7-5-12/h8-9,12H,4-7,15H2,1-3H3,(H,16,17). The summed E-state index contributed by atoms with van der Waals surface area (Å²) in [5.41, 5.74) is 3.91. The van der Waals surface area contributed by atoms with E-state index < -0.39 is 0 Å². The SMILES string of the molecule is Cc1cc(C(=O)N(C)C2CCN(C)CC2)cc(NN)n1. The summed E-state index contributed by atoms with van der Waals surface area (Å²) in [6.07, 6.45) is 2.04. The van der Waals surface area contributed by atoms with Gasteiger partial charge in [-0.25, -0.2) is 10.8 Å². The Kier molecular flexibility index (Phi) is 4.57. The second-order valence-corrected chi connectivity index (χ2v) is 5.48. The van der Waals surface area contributed by atoms with Crippen molar-refractivity contribution in [2.24, 2.45) is 5.84 Å². The van der Waals surface area contributed by atoms with Crippen LogP contribution in [0.1, 0.15) is 28.9 Å². The number of pyridine rings is 1. The van der Waals surface area contributed by atoms with E-state index in [1.807, 2.05) is 18.9 Å². The number of carbonyl (C=O) groups excluding carboxylic acids is 1. The molecule has 0 atom stereocenters. The number of rotatable bonds is 3. The number of anilines is 1. The second-order valence-electron chi connectivity index (χ2n) is 5.48. The van der Waals surface area contributed by atoms with Crippen molar-refractivity contribution in [2.75, 3.05) is 32.6 Å². The van der Waals surface area contributed by atoms with E-state index in [0.717, 1.165) is 31.6 Å². The molecule has 0 aliphatic carbocycles. The lowest BCUT2D eigenvalue weighted by Gasteiger charge is -2.35. The van der Waals surface area contributed by atoms with Crippen molar-refractivity contribution in [2.45, 2.75) is 25.8 Å². The summed E-state index contributed by atoms with van der Waals surface area (Å²) in [6, 6.07) is 3.80. The van der Waals surface area contributed by atoms with Crippen LogP contribution in [-0.4, -0.2) is 53.9 Å². The molecule has 0 bridgehead atoms. The Bertz CT molecular complexity index is 482. The number of nitrogen functional groups attached to an aromatic ring is 1. The summed E-state index contributed by atoms with van der Waals surface area (Å²) in [5.74, 6) is 5.93. The van der Waals surface area contributed by atoms with Crippen LogP contribution in [0.25, 0.3) is 0 Å². The number of carbonyl (C=O) groups is 1. The third kappa shape index (κ3) is 3.26. The highest BCUT2D eigenvalue weighted by molar-refractivity contribution is 5.95. The normalized spacial score (nSPS) is 17.0. The van der Waals surface area contributed by atoms with Crippen LogP contribution in [0, 0.1) is 6.92 Å². The van der Waals surface area contributed by atoms with Crippen molar-refractivity contribution in [3.05, 3.63) is 23.4 Å². The summed E-state index contributed by atoms with van der Waals surface area (Å²) in [4.78, 5) is 20.9. The Morgan fingerprint density at radius 2 is 2.10 bits per heavy atom. The van der Waals surface area contributed by atoms with Gasteiger partial charge < -0.3 is 15.2 Å². The van der Waals surface area contributed by atoms with Gasteiger partial charge in [0.05, 0.1) is 0 Å². The number of nitrogens with one attached hydrogen (secondary N) is 1. The van der Waals surface area contributed by atoms with E-state index in [-0.39, 0.29) is 5.91 Å². The van der Waals surface area contributed by atoms with Crippen LogP contribution in [-0.2, 0) is 0 Å². The van der Waals surface area contributed by atoms with Crippen molar-refractivity contribution >= 4 is 11.7 Å². The van der Waals surface area contributed by atoms with Crippen LogP contribution in [0.2, 0.25) is 0 Å². The minimum Gasteiger partial charge on any atom is -0.339 e. The first kappa shape index (κ1) is 14.7. The van der Waals surface area contributed by atoms with Gasteiger partial charge in [0.15, 0.2) is 0 Å². The molecule has 1 aliphatic heterocycles. The molecule has 2 heterocycles. The van der Waals surface area contributed by atoms with E-state index in [0.29, 0.717) is 17.4 Å². The highest BCUT2D eigenvalue weighted by atomic mass is 16.2. The number of likely N-dealkylation sites (tertiary alicyclic amines) is 1. The predicted octanol–water partition coefficient (Wildman–Crippen LogP) is 0.842. The van der Waals surface area contributed by atoms with Gasteiger partial charge >= 0.3 is 0 Å². The van der Waals surface area contributed by atoms with Crippen molar-refractivity contribution in [1.29, 1.82) is 0 Å². The molecule has 1 saturated heterocycles. The third-order valence-corrected chi connectivity index (χ3v) is 3.90. The van der Waals surface area contributed by atoms with Crippen LogP contribution in [0.4, 0.5) is 5.82 Å². The maximum Gasteiger partial charge on any atom is 0.254 e. The minimum atomic E-state index is 0.0292. The molecule has 1 aromatic rings. The zero-order valence-corrected chi connectivity index (χ0v) is 12.4. The topological polar surface area (TPSA) is 74.5 Å². The summed E-state index contributed by atoms with van der Waals surface area (Å²) in [7, 11) is 3.99. The van der Waals surface area contributed by atoms with Gasteiger partial charge in [0.25, 0.3) is 5.91 Å². The fourth-order valence-electron chi connectivity index (χ4n) is 2.62. The van der Waals surface area contributed by atoms with E-state index >= 15 is 0 Å². The maximum atomic E-state index is 12.6. The zero-order valence-electron chi connectivity index (χ0n) is 12.4. The van der Waals surface area contributed by atoms with Crippen LogP contribution in [0.15, 0.2) is 12.1 Å². The van der Waals surface area contributed by atoms with E-state index in [9.17, 15) is 4.79 Å². The Balaban J connectivity index is 2.12. The first-order valence-corrected chi connectivity index (χ1v) is 6.92. The number of aryl methyl sites for hydroxylation is 1. The fourth-order valence-corrected chi connectivity index (χ4v) is 2.62. The second kappa shape index (κ2) is 6.19. The molecule has 0 spiro atoms. The molecule has 0 radical (unpaired) electrons. The summed E-state index contributed by atoms with van der Waals surface area (Å²) in [5, 5.41) is 0. The summed E-state index contributed by atoms with van der Waals surface area (Å²) in [6.45, 7) is 3.92. The van der Waals surface area contributed by atoms with Crippen LogP contribution in [0.3, 0.4) is 0 Å². The largest absolute Gasteiger partial charge is 0.339 e. The molecular weight excluding hydrogens is 254 g/mol. The Hall–Kier alpha value is -1.66. The third-order valence-electron chi connectivity index (χ3n) is 3.90. The van der Waals surface area contributed by atoms with Crippen molar-refractivity contribution in [3.63, 3.8) is 0 Å². The smallest absolute Gasteiger partial charge is 0.254 e. The van der Waals surface area contributed by atoms with E-state index in [1.165, 1.54) is 0 Å². The molecule has 0 aromatic carbocycles. The minimum absolute atomic E-state index is 0.0292. The molecule has 3 N–H and O–H groups in total. The summed E-state index contributed by atoms with van der Waals surface area (Å²) < 4.78 is 0. The van der Waals surface area contributed by atoms with Crippen LogP contribution < -0.4 is 11.3 Å². The average molecular weight is 277 g/mol. The summed E-state index contributed by atoms with van der Waals surface area (Å²) >= 11 is 0. The molecule has 0 unspecified atom stereocenters. The number of aromatic nitrogens is 1. The molecule has 1 amide bonds. The quantitative estimate of drug-likeness (QED) is 0.632. The van der Waals surface area contributed by atoms with E-state index in [2.05, 4.69) is 22.4 Å². The molecule has 6 nitrogen and oxygen atoms in total. The first-order valence-electron chi connectivity index (χ1n) is 6.92. The number of amides is 1. The monoisotopic (exact) mass is 277 g/mol.